The molecule has 4 heterocycles. The molecule has 4 rings (SSSR count). The standard InChI is InChI=1S/C20H23N3O5/c1-27-8-6-18(24)22-10-13-9-14(12-22)16-5-4-15(20(26)23(16)11-13)21-19(25)17-3-2-7-28-17/h2-5,7,13-14H,6,8-12H2,1H3,(H,21,25)/t13-,14+/m0/s1. The summed E-state index contributed by atoms with van der Waals surface area (Å²) in [5.74, 6) is 0.153. The number of hydrogen-bond donors (Lipinski definition) is 1. The molecule has 8 heteroatoms. The number of likely N-dealkylation sites (tertiary alicyclic amines) is 1. The van der Waals surface area contributed by atoms with Gasteiger partial charge in [-0.15, -0.1) is 0 Å². The van der Waals surface area contributed by atoms with Crippen LogP contribution in [-0.4, -0.2) is 48.1 Å². The van der Waals surface area contributed by atoms with Gasteiger partial charge < -0.3 is 23.9 Å². The van der Waals surface area contributed by atoms with Crippen molar-refractivity contribution < 1.29 is 18.7 Å². The lowest BCUT2D eigenvalue weighted by atomic mass is 9.83. The summed E-state index contributed by atoms with van der Waals surface area (Å²) < 4.78 is 11.8. The molecule has 2 aliphatic rings. The third kappa shape index (κ3) is 3.47. The Morgan fingerprint density at radius 1 is 1.25 bits per heavy atom. The zero-order chi connectivity index (χ0) is 19.7. The van der Waals surface area contributed by atoms with Crippen LogP contribution < -0.4 is 10.9 Å². The topological polar surface area (TPSA) is 93.8 Å². The fraction of sp³-hybridized carbons (Fsp3) is 0.450. The number of piperidine rings is 1. The number of pyridine rings is 1. The summed E-state index contributed by atoms with van der Waals surface area (Å²) in [6, 6.07) is 6.69. The number of fused-ring (bicyclic) bond motifs is 4. The van der Waals surface area contributed by atoms with Crippen LogP contribution in [0.15, 0.2) is 39.7 Å². The number of nitrogens with one attached hydrogen (secondary N) is 1. The number of nitrogens with zero attached hydrogens (tertiary/aromatic N) is 2. The van der Waals surface area contributed by atoms with E-state index < -0.39 is 5.91 Å². The van der Waals surface area contributed by atoms with Gasteiger partial charge in [-0.2, -0.15) is 0 Å². The first-order chi connectivity index (χ1) is 13.6. The second-order valence-electron chi connectivity index (χ2n) is 7.36. The lowest BCUT2D eigenvalue weighted by Crippen LogP contribution is -2.49. The SMILES string of the molecule is COCCC(=O)N1C[C@@H]2C[C@H](C1)c1ccc(NC(=O)c3ccco3)c(=O)n1C2. The zero-order valence-electron chi connectivity index (χ0n) is 15.7. The largest absolute Gasteiger partial charge is 0.459 e. The van der Waals surface area contributed by atoms with Crippen LogP contribution in [-0.2, 0) is 16.1 Å². The first-order valence-electron chi connectivity index (χ1n) is 9.42. The first kappa shape index (κ1) is 18.5. The molecule has 0 unspecified atom stereocenters. The van der Waals surface area contributed by atoms with Crippen LogP contribution in [0.5, 0.6) is 0 Å². The average molecular weight is 385 g/mol. The maximum absolute atomic E-state index is 12.9. The number of amides is 2. The fourth-order valence-corrected chi connectivity index (χ4v) is 4.18. The molecule has 0 aromatic carbocycles. The van der Waals surface area contributed by atoms with Crippen molar-refractivity contribution in [2.75, 3.05) is 32.1 Å². The lowest BCUT2D eigenvalue weighted by Gasteiger charge is -2.43. The number of hydrogen-bond acceptors (Lipinski definition) is 5. The number of furan rings is 1. The van der Waals surface area contributed by atoms with Crippen molar-refractivity contribution in [3.8, 4) is 0 Å². The predicted octanol–water partition coefficient (Wildman–Crippen LogP) is 1.68. The van der Waals surface area contributed by atoms with Crippen molar-refractivity contribution in [3.63, 3.8) is 0 Å². The van der Waals surface area contributed by atoms with Crippen LogP contribution in [0, 0.1) is 5.92 Å². The number of ether oxygens (including phenoxy) is 1. The average Bonchev–Trinajstić information content (AvgIpc) is 3.23. The molecular weight excluding hydrogens is 362 g/mol. The molecule has 0 radical (unpaired) electrons. The number of methoxy groups -OCH3 is 1. The maximum Gasteiger partial charge on any atom is 0.291 e. The summed E-state index contributed by atoms with van der Waals surface area (Å²) in [6.07, 6.45) is 2.75. The van der Waals surface area contributed by atoms with Crippen LogP contribution in [0.4, 0.5) is 5.69 Å². The molecular formula is C20H23N3O5. The third-order valence-corrected chi connectivity index (χ3v) is 5.47. The van der Waals surface area contributed by atoms with E-state index in [1.54, 1.807) is 29.9 Å². The second kappa shape index (κ2) is 7.63. The van der Waals surface area contributed by atoms with E-state index in [2.05, 4.69) is 5.32 Å². The van der Waals surface area contributed by atoms with E-state index in [1.807, 2.05) is 11.0 Å². The summed E-state index contributed by atoms with van der Waals surface area (Å²) in [5.41, 5.74) is 0.936. The number of carbonyl (C=O) groups is 2. The molecule has 2 bridgehead atoms. The second-order valence-corrected chi connectivity index (χ2v) is 7.36. The van der Waals surface area contributed by atoms with Crippen molar-refractivity contribution in [1.82, 2.24) is 9.47 Å². The molecule has 2 aromatic rings. The van der Waals surface area contributed by atoms with Crippen molar-refractivity contribution in [2.24, 2.45) is 5.92 Å². The Morgan fingerprint density at radius 2 is 2.11 bits per heavy atom. The highest BCUT2D eigenvalue weighted by Crippen LogP contribution is 2.35. The van der Waals surface area contributed by atoms with E-state index in [4.69, 9.17) is 9.15 Å². The third-order valence-electron chi connectivity index (χ3n) is 5.47. The summed E-state index contributed by atoms with van der Waals surface area (Å²) >= 11 is 0. The van der Waals surface area contributed by atoms with Gasteiger partial charge in [0.2, 0.25) is 5.91 Å². The fourth-order valence-electron chi connectivity index (χ4n) is 4.18. The lowest BCUT2D eigenvalue weighted by molar-refractivity contribution is -0.134. The molecule has 0 saturated carbocycles. The minimum absolute atomic E-state index is 0.0923. The summed E-state index contributed by atoms with van der Waals surface area (Å²) in [4.78, 5) is 39.4. The Bertz CT molecular complexity index is 934. The Balaban J connectivity index is 1.54. The van der Waals surface area contributed by atoms with Gasteiger partial charge in [0.15, 0.2) is 5.76 Å². The molecule has 2 amide bonds. The molecule has 28 heavy (non-hydrogen) atoms. The number of rotatable bonds is 5. The molecule has 8 nitrogen and oxygen atoms in total. The van der Waals surface area contributed by atoms with Crippen LogP contribution in [0.1, 0.15) is 35.0 Å². The minimum Gasteiger partial charge on any atom is -0.459 e. The zero-order valence-corrected chi connectivity index (χ0v) is 15.7. The highest BCUT2D eigenvalue weighted by atomic mass is 16.5. The van der Waals surface area contributed by atoms with Gasteiger partial charge in [-0.25, -0.2) is 0 Å². The molecule has 1 saturated heterocycles. The molecule has 2 aliphatic heterocycles. The molecule has 1 N–H and O–H groups in total. The van der Waals surface area contributed by atoms with Gasteiger partial charge in [0.25, 0.3) is 11.5 Å². The van der Waals surface area contributed by atoms with Crippen LogP contribution in [0.25, 0.3) is 0 Å². The van der Waals surface area contributed by atoms with Gasteiger partial charge in [-0.3, -0.25) is 14.4 Å². The highest BCUT2D eigenvalue weighted by Gasteiger charge is 2.36. The van der Waals surface area contributed by atoms with Gasteiger partial charge in [0, 0.05) is 38.4 Å². The number of carbonyl (C=O) groups excluding carboxylic acids is 2. The maximum atomic E-state index is 12.9. The molecule has 148 valence electrons. The van der Waals surface area contributed by atoms with Gasteiger partial charge >= 0.3 is 0 Å². The first-order valence-corrected chi connectivity index (χ1v) is 9.42. The van der Waals surface area contributed by atoms with E-state index >= 15 is 0 Å². The van der Waals surface area contributed by atoms with Gasteiger partial charge in [0.05, 0.1) is 19.3 Å². The number of anilines is 1. The van der Waals surface area contributed by atoms with Crippen LogP contribution >= 0.6 is 0 Å². The Kier molecular flexibility index (Phi) is 5.04. The van der Waals surface area contributed by atoms with E-state index in [-0.39, 0.29) is 34.7 Å². The van der Waals surface area contributed by atoms with Crippen molar-refractivity contribution in [1.29, 1.82) is 0 Å². The molecule has 2 atom stereocenters. The van der Waals surface area contributed by atoms with Crippen molar-refractivity contribution in [2.45, 2.75) is 25.3 Å². The predicted molar refractivity (Wildman–Crippen MR) is 101 cm³/mol. The van der Waals surface area contributed by atoms with Gasteiger partial charge in [-0.1, -0.05) is 0 Å². The Morgan fingerprint density at radius 3 is 2.86 bits per heavy atom. The van der Waals surface area contributed by atoms with E-state index in [1.165, 1.54) is 6.26 Å². The minimum atomic E-state index is -0.450. The van der Waals surface area contributed by atoms with Crippen LogP contribution in [0.2, 0.25) is 0 Å². The normalized spacial score (nSPS) is 20.5. The summed E-state index contributed by atoms with van der Waals surface area (Å²) in [6.45, 7) is 2.22. The number of aromatic nitrogens is 1. The molecule has 2 aromatic heterocycles. The summed E-state index contributed by atoms with van der Waals surface area (Å²) in [7, 11) is 1.59. The molecule has 0 spiro atoms. The Labute approximate surface area is 162 Å². The Hall–Kier alpha value is -2.87. The van der Waals surface area contributed by atoms with E-state index in [0.717, 1.165) is 12.1 Å². The van der Waals surface area contributed by atoms with Crippen molar-refractivity contribution >= 4 is 17.5 Å². The molecule has 1 fully saturated rings. The van der Waals surface area contributed by atoms with Gasteiger partial charge in [0.1, 0.15) is 5.69 Å². The van der Waals surface area contributed by atoms with Gasteiger partial charge in [-0.05, 0) is 36.6 Å². The van der Waals surface area contributed by atoms with E-state index in [0.29, 0.717) is 32.7 Å². The quantitative estimate of drug-likeness (QED) is 0.845. The monoisotopic (exact) mass is 385 g/mol. The summed E-state index contributed by atoms with van der Waals surface area (Å²) in [5, 5.41) is 2.63. The highest BCUT2D eigenvalue weighted by molar-refractivity contribution is 6.02. The van der Waals surface area contributed by atoms with E-state index in [9.17, 15) is 14.4 Å². The van der Waals surface area contributed by atoms with Crippen molar-refractivity contribution in [3.05, 3.63) is 52.3 Å². The smallest absolute Gasteiger partial charge is 0.291 e. The van der Waals surface area contributed by atoms with Crippen LogP contribution in [0.3, 0.4) is 0 Å². The molecule has 0 aliphatic carbocycles.